The molecule has 0 saturated heterocycles. The van der Waals surface area contributed by atoms with Crippen molar-refractivity contribution < 1.29 is 19.1 Å². The van der Waals surface area contributed by atoms with Crippen molar-refractivity contribution in [3.8, 4) is 0 Å². The number of Topliss-reactive ketones (excluding diaryl/α,β-unsaturated/α-hetero) is 1. The Morgan fingerprint density at radius 1 is 1.18 bits per heavy atom. The Hall–Kier alpha value is -2.23. The fourth-order valence-corrected chi connectivity index (χ4v) is 1.16. The van der Waals surface area contributed by atoms with Crippen LogP contribution in [0.1, 0.15) is 12.0 Å². The summed E-state index contributed by atoms with van der Waals surface area (Å²) in [6, 6.07) is 9.19. The van der Waals surface area contributed by atoms with Crippen LogP contribution in [0.4, 0.5) is 0 Å². The SMILES string of the molecule is COC(=O)C(=O)CC(=O)C=Cc1ccccc1. The van der Waals surface area contributed by atoms with Gasteiger partial charge in [-0.1, -0.05) is 36.4 Å². The van der Waals surface area contributed by atoms with Gasteiger partial charge in [-0.2, -0.15) is 0 Å². The van der Waals surface area contributed by atoms with Crippen molar-refractivity contribution in [1.82, 2.24) is 0 Å². The van der Waals surface area contributed by atoms with Gasteiger partial charge >= 0.3 is 5.97 Å². The molecule has 1 aromatic carbocycles. The van der Waals surface area contributed by atoms with E-state index in [2.05, 4.69) is 4.74 Å². The van der Waals surface area contributed by atoms with Gasteiger partial charge in [-0.05, 0) is 11.6 Å². The first-order valence-electron chi connectivity index (χ1n) is 5.00. The van der Waals surface area contributed by atoms with E-state index in [0.29, 0.717) is 0 Å². The topological polar surface area (TPSA) is 60.4 Å². The summed E-state index contributed by atoms with van der Waals surface area (Å²) in [5, 5.41) is 0. The summed E-state index contributed by atoms with van der Waals surface area (Å²) in [6.07, 6.45) is 2.40. The van der Waals surface area contributed by atoms with Crippen molar-refractivity contribution in [2.45, 2.75) is 6.42 Å². The predicted molar refractivity (Wildman–Crippen MR) is 62.1 cm³/mol. The molecule has 0 atom stereocenters. The van der Waals surface area contributed by atoms with Gasteiger partial charge in [0.1, 0.15) is 0 Å². The van der Waals surface area contributed by atoms with Crippen LogP contribution >= 0.6 is 0 Å². The number of esters is 1. The van der Waals surface area contributed by atoms with E-state index in [9.17, 15) is 14.4 Å². The molecule has 4 nitrogen and oxygen atoms in total. The largest absolute Gasteiger partial charge is 0.463 e. The standard InChI is InChI=1S/C13H12O4/c1-17-13(16)12(15)9-11(14)8-7-10-5-3-2-4-6-10/h2-8H,9H2,1H3. The molecule has 1 rings (SSSR count). The first-order valence-corrected chi connectivity index (χ1v) is 5.00. The first kappa shape index (κ1) is 12.8. The average molecular weight is 232 g/mol. The molecule has 0 fully saturated rings. The van der Waals surface area contributed by atoms with Crippen molar-refractivity contribution in [2.75, 3.05) is 7.11 Å². The minimum Gasteiger partial charge on any atom is -0.463 e. The number of allylic oxidation sites excluding steroid dienone is 1. The number of hydrogen-bond acceptors (Lipinski definition) is 4. The minimum absolute atomic E-state index is 0.427. The highest BCUT2D eigenvalue weighted by molar-refractivity contribution is 6.37. The van der Waals surface area contributed by atoms with Gasteiger partial charge in [0.25, 0.3) is 0 Å². The highest BCUT2D eigenvalue weighted by atomic mass is 16.5. The van der Waals surface area contributed by atoms with Gasteiger partial charge < -0.3 is 4.74 Å². The summed E-state index contributed by atoms with van der Waals surface area (Å²) in [4.78, 5) is 33.2. The second-order valence-electron chi connectivity index (χ2n) is 3.30. The molecule has 4 heteroatoms. The van der Waals surface area contributed by atoms with Gasteiger partial charge in [-0.3, -0.25) is 9.59 Å². The van der Waals surface area contributed by atoms with Gasteiger partial charge in [0.2, 0.25) is 5.78 Å². The van der Waals surface area contributed by atoms with E-state index in [1.54, 1.807) is 6.08 Å². The number of benzene rings is 1. The van der Waals surface area contributed by atoms with Crippen LogP contribution in [-0.4, -0.2) is 24.6 Å². The lowest BCUT2D eigenvalue weighted by molar-refractivity contribution is -0.152. The zero-order chi connectivity index (χ0) is 12.7. The van der Waals surface area contributed by atoms with Crippen LogP contribution in [0.2, 0.25) is 0 Å². The molecule has 0 aliphatic heterocycles. The molecule has 0 saturated carbocycles. The van der Waals surface area contributed by atoms with Gasteiger partial charge in [-0.15, -0.1) is 0 Å². The average Bonchev–Trinajstić information content (AvgIpc) is 2.36. The lowest BCUT2D eigenvalue weighted by Gasteiger charge is -1.95. The molecule has 0 spiro atoms. The number of carbonyl (C=O) groups excluding carboxylic acids is 3. The van der Waals surface area contributed by atoms with Crippen LogP contribution in [-0.2, 0) is 19.1 Å². The van der Waals surface area contributed by atoms with E-state index in [1.165, 1.54) is 6.08 Å². The summed E-state index contributed by atoms with van der Waals surface area (Å²) in [5.74, 6) is -2.26. The van der Waals surface area contributed by atoms with Crippen LogP contribution in [0.25, 0.3) is 6.08 Å². The normalized spacial score (nSPS) is 10.2. The molecule has 0 aliphatic rings. The highest BCUT2D eigenvalue weighted by Crippen LogP contribution is 2.02. The third-order valence-electron chi connectivity index (χ3n) is 2.01. The van der Waals surface area contributed by atoms with Gasteiger partial charge in [-0.25, -0.2) is 4.79 Å². The molecule has 88 valence electrons. The zero-order valence-corrected chi connectivity index (χ0v) is 9.38. The van der Waals surface area contributed by atoms with E-state index >= 15 is 0 Å². The maximum Gasteiger partial charge on any atom is 0.374 e. The van der Waals surface area contributed by atoms with Gasteiger partial charge in [0.15, 0.2) is 5.78 Å². The summed E-state index contributed by atoms with van der Waals surface area (Å²) in [6.45, 7) is 0. The van der Waals surface area contributed by atoms with E-state index in [-0.39, 0.29) is 0 Å². The number of rotatable bonds is 5. The Balaban J connectivity index is 2.53. The van der Waals surface area contributed by atoms with Crippen LogP contribution < -0.4 is 0 Å². The van der Waals surface area contributed by atoms with Crippen LogP contribution in [0.15, 0.2) is 36.4 Å². The Morgan fingerprint density at radius 2 is 1.82 bits per heavy atom. The molecule has 0 aromatic heterocycles. The van der Waals surface area contributed by atoms with Gasteiger partial charge in [0, 0.05) is 0 Å². The summed E-state index contributed by atoms with van der Waals surface area (Å²) in [5.41, 5.74) is 0.853. The number of methoxy groups -OCH3 is 1. The molecule has 0 heterocycles. The molecule has 0 aliphatic carbocycles. The zero-order valence-electron chi connectivity index (χ0n) is 9.38. The summed E-state index contributed by atoms with van der Waals surface area (Å²) in [7, 11) is 1.10. The maximum absolute atomic E-state index is 11.3. The molecule has 17 heavy (non-hydrogen) atoms. The highest BCUT2D eigenvalue weighted by Gasteiger charge is 2.16. The minimum atomic E-state index is -0.994. The van der Waals surface area contributed by atoms with E-state index in [4.69, 9.17) is 0 Å². The van der Waals surface area contributed by atoms with Crippen molar-refractivity contribution in [2.24, 2.45) is 0 Å². The van der Waals surface area contributed by atoms with Gasteiger partial charge in [0.05, 0.1) is 13.5 Å². The van der Waals surface area contributed by atoms with Crippen molar-refractivity contribution >= 4 is 23.6 Å². The fourth-order valence-electron chi connectivity index (χ4n) is 1.16. The smallest absolute Gasteiger partial charge is 0.374 e. The number of ketones is 2. The fraction of sp³-hybridized carbons (Fsp3) is 0.154. The Kier molecular flexibility index (Phi) is 4.81. The molecular weight excluding hydrogens is 220 g/mol. The number of ether oxygens (including phenoxy) is 1. The molecule has 0 radical (unpaired) electrons. The third kappa shape index (κ3) is 4.42. The Morgan fingerprint density at radius 3 is 2.41 bits per heavy atom. The number of carbonyl (C=O) groups is 3. The van der Waals surface area contributed by atoms with Crippen LogP contribution in [0.3, 0.4) is 0 Å². The molecular formula is C13H12O4. The second kappa shape index (κ2) is 6.37. The third-order valence-corrected chi connectivity index (χ3v) is 2.01. The molecule has 0 bridgehead atoms. The predicted octanol–water partition coefficient (Wildman–Crippen LogP) is 1.40. The second-order valence-corrected chi connectivity index (χ2v) is 3.30. The Labute approximate surface area is 98.9 Å². The quantitative estimate of drug-likeness (QED) is 0.333. The molecule has 1 aromatic rings. The first-order chi connectivity index (χ1) is 8.13. The maximum atomic E-state index is 11.3. The lowest BCUT2D eigenvalue weighted by atomic mass is 10.1. The van der Waals surface area contributed by atoms with E-state index < -0.39 is 24.0 Å². The molecule has 0 N–H and O–H groups in total. The molecule has 0 amide bonds. The lowest BCUT2D eigenvalue weighted by Crippen LogP contribution is -2.18. The van der Waals surface area contributed by atoms with Crippen molar-refractivity contribution in [3.05, 3.63) is 42.0 Å². The molecule has 0 unspecified atom stereocenters. The van der Waals surface area contributed by atoms with Crippen LogP contribution in [0.5, 0.6) is 0 Å². The monoisotopic (exact) mass is 232 g/mol. The van der Waals surface area contributed by atoms with E-state index in [1.807, 2.05) is 30.3 Å². The summed E-state index contributed by atoms with van der Waals surface area (Å²) < 4.78 is 4.21. The Bertz CT molecular complexity index is 446. The summed E-state index contributed by atoms with van der Waals surface area (Å²) >= 11 is 0. The van der Waals surface area contributed by atoms with Crippen molar-refractivity contribution in [1.29, 1.82) is 0 Å². The van der Waals surface area contributed by atoms with Crippen molar-refractivity contribution in [3.63, 3.8) is 0 Å². The number of hydrogen-bond donors (Lipinski definition) is 0. The van der Waals surface area contributed by atoms with E-state index in [0.717, 1.165) is 12.7 Å². The van der Waals surface area contributed by atoms with Crippen LogP contribution in [0, 0.1) is 0 Å².